The number of nitrogens with one attached hydrogen (secondary N) is 3. The van der Waals surface area contributed by atoms with Gasteiger partial charge in [-0.25, -0.2) is 9.18 Å². The lowest BCUT2D eigenvalue weighted by Gasteiger charge is -2.32. The number of carbonyl (C=O) groups excluding carboxylic acids is 1. The van der Waals surface area contributed by atoms with Crippen molar-refractivity contribution in [3.05, 3.63) is 53.1 Å². The van der Waals surface area contributed by atoms with Gasteiger partial charge in [-0.05, 0) is 42.0 Å². The molecule has 2 aromatic rings. The molecular formula is C16H19FN4O. The van der Waals surface area contributed by atoms with E-state index in [0.29, 0.717) is 6.54 Å². The Kier molecular flexibility index (Phi) is 4.09. The third-order valence-corrected chi connectivity index (χ3v) is 4.19. The van der Waals surface area contributed by atoms with Crippen molar-refractivity contribution in [1.82, 2.24) is 20.8 Å². The van der Waals surface area contributed by atoms with Crippen LogP contribution in [0, 0.1) is 11.7 Å². The summed E-state index contributed by atoms with van der Waals surface area (Å²) in [7, 11) is 0. The van der Waals surface area contributed by atoms with Gasteiger partial charge in [-0.3, -0.25) is 5.10 Å². The Hall–Kier alpha value is -2.37. The van der Waals surface area contributed by atoms with Crippen LogP contribution in [0.3, 0.4) is 0 Å². The quantitative estimate of drug-likeness (QED) is 0.816. The molecular weight excluding hydrogens is 283 g/mol. The van der Waals surface area contributed by atoms with E-state index >= 15 is 0 Å². The molecule has 1 aromatic carbocycles. The SMILES string of the molecule is C[C@@H]1CCc2c(F)cccc2[C@H]1NC(=O)NCc1ccn[nH]1. The van der Waals surface area contributed by atoms with Gasteiger partial charge >= 0.3 is 6.03 Å². The molecule has 0 saturated carbocycles. The lowest BCUT2D eigenvalue weighted by atomic mass is 9.80. The van der Waals surface area contributed by atoms with E-state index in [0.717, 1.165) is 29.7 Å². The molecule has 1 aliphatic carbocycles. The van der Waals surface area contributed by atoms with E-state index < -0.39 is 0 Å². The van der Waals surface area contributed by atoms with E-state index in [1.807, 2.05) is 6.07 Å². The van der Waals surface area contributed by atoms with E-state index in [-0.39, 0.29) is 23.8 Å². The molecule has 1 heterocycles. The number of fused-ring (bicyclic) bond motifs is 1. The third kappa shape index (κ3) is 2.95. The van der Waals surface area contributed by atoms with Gasteiger partial charge in [0.1, 0.15) is 5.82 Å². The summed E-state index contributed by atoms with van der Waals surface area (Å²) in [6.07, 6.45) is 3.22. The molecule has 5 nitrogen and oxygen atoms in total. The molecule has 2 atom stereocenters. The molecule has 22 heavy (non-hydrogen) atoms. The topological polar surface area (TPSA) is 69.8 Å². The lowest BCUT2D eigenvalue weighted by Crippen LogP contribution is -2.41. The van der Waals surface area contributed by atoms with Crippen LogP contribution < -0.4 is 10.6 Å². The zero-order valence-corrected chi connectivity index (χ0v) is 12.4. The Bertz CT molecular complexity index is 656. The van der Waals surface area contributed by atoms with E-state index in [1.165, 1.54) is 6.07 Å². The lowest BCUT2D eigenvalue weighted by molar-refractivity contribution is 0.229. The fourth-order valence-corrected chi connectivity index (χ4v) is 2.95. The van der Waals surface area contributed by atoms with Crippen LogP contribution in [-0.4, -0.2) is 16.2 Å². The smallest absolute Gasteiger partial charge is 0.315 e. The highest BCUT2D eigenvalue weighted by Gasteiger charge is 2.29. The van der Waals surface area contributed by atoms with Gasteiger partial charge in [-0.2, -0.15) is 5.10 Å². The zero-order valence-electron chi connectivity index (χ0n) is 12.4. The van der Waals surface area contributed by atoms with Crippen LogP contribution in [0.1, 0.15) is 36.2 Å². The summed E-state index contributed by atoms with van der Waals surface area (Å²) in [6.45, 7) is 2.45. The molecule has 1 aliphatic rings. The van der Waals surface area contributed by atoms with Crippen LogP contribution in [0.15, 0.2) is 30.5 Å². The maximum Gasteiger partial charge on any atom is 0.315 e. The number of hydrogen-bond donors (Lipinski definition) is 3. The Balaban J connectivity index is 1.69. The molecule has 6 heteroatoms. The second-order valence-electron chi connectivity index (χ2n) is 5.71. The number of aromatic amines is 1. The van der Waals surface area contributed by atoms with Crippen molar-refractivity contribution in [2.75, 3.05) is 0 Å². The van der Waals surface area contributed by atoms with Gasteiger partial charge in [0, 0.05) is 6.20 Å². The van der Waals surface area contributed by atoms with Gasteiger partial charge in [-0.1, -0.05) is 19.1 Å². The van der Waals surface area contributed by atoms with Crippen LogP contribution in [0.5, 0.6) is 0 Å². The second-order valence-corrected chi connectivity index (χ2v) is 5.71. The van der Waals surface area contributed by atoms with Crippen molar-refractivity contribution >= 4 is 6.03 Å². The molecule has 1 aromatic heterocycles. The minimum absolute atomic E-state index is 0.166. The summed E-state index contributed by atoms with van der Waals surface area (Å²) in [5.74, 6) is 0.0845. The minimum Gasteiger partial charge on any atom is -0.333 e. The molecule has 0 unspecified atom stereocenters. The molecule has 0 fully saturated rings. The average molecular weight is 302 g/mol. The van der Waals surface area contributed by atoms with Crippen LogP contribution in [0.2, 0.25) is 0 Å². The highest BCUT2D eigenvalue weighted by atomic mass is 19.1. The minimum atomic E-state index is -0.261. The van der Waals surface area contributed by atoms with Crippen LogP contribution >= 0.6 is 0 Å². The molecule has 0 radical (unpaired) electrons. The third-order valence-electron chi connectivity index (χ3n) is 4.19. The van der Waals surface area contributed by atoms with E-state index in [4.69, 9.17) is 0 Å². The molecule has 116 valence electrons. The molecule has 0 aliphatic heterocycles. The highest BCUT2D eigenvalue weighted by molar-refractivity contribution is 5.74. The van der Waals surface area contributed by atoms with Gasteiger partial charge in [0.05, 0.1) is 18.3 Å². The summed E-state index contributed by atoms with van der Waals surface area (Å²) >= 11 is 0. The van der Waals surface area contributed by atoms with Gasteiger partial charge in [0.25, 0.3) is 0 Å². The fourth-order valence-electron chi connectivity index (χ4n) is 2.95. The number of halogens is 1. The molecule has 3 N–H and O–H groups in total. The first-order valence-electron chi connectivity index (χ1n) is 7.45. The second kappa shape index (κ2) is 6.17. The number of hydrogen-bond acceptors (Lipinski definition) is 2. The summed E-state index contributed by atoms with van der Waals surface area (Å²) < 4.78 is 13.9. The highest BCUT2D eigenvalue weighted by Crippen LogP contribution is 2.35. The Morgan fingerprint density at radius 3 is 3.09 bits per heavy atom. The number of rotatable bonds is 3. The predicted molar refractivity (Wildman–Crippen MR) is 80.6 cm³/mol. The van der Waals surface area contributed by atoms with E-state index in [9.17, 15) is 9.18 Å². The number of urea groups is 1. The standard InChI is InChI=1S/C16H19FN4O/c1-10-5-6-12-13(3-2-4-14(12)17)15(10)20-16(22)18-9-11-7-8-19-21-11/h2-4,7-8,10,15H,5-6,9H2,1H3,(H,19,21)(H2,18,20,22)/t10-,15+/m1/s1. The Labute approximate surface area is 128 Å². The predicted octanol–water partition coefficient (Wildman–Crippen LogP) is 2.67. The number of amides is 2. The van der Waals surface area contributed by atoms with Gasteiger partial charge in [-0.15, -0.1) is 0 Å². The van der Waals surface area contributed by atoms with E-state index in [2.05, 4.69) is 27.8 Å². The molecule has 2 amide bonds. The Morgan fingerprint density at radius 2 is 2.32 bits per heavy atom. The van der Waals surface area contributed by atoms with Crippen molar-refractivity contribution in [1.29, 1.82) is 0 Å². The van der Waals surface area contributed by atoms with Crippen molar-refractivity contribution in [2.24, 2.45) is 5.92 Å². The summed E-state index contributed by atoms with van der Waals surface area (Å²) in [6, 6.07) is 6.44. The van der Waals surface area contributed by atoms with Crippen molar-refractivity contribution in [3.8, 4) is 0 Å². The fraction of sp³-hybridized carbons (Fsp3) is 0.375. The van der Waals surface area contributed by atoms with Crippen LogP contribution in [0.25, 0.3) is 0 Å². The molecule has 0 spiro atoms. The number of H-pyrrole nitrogens is 1. The maximum absolute atomic E-state index is 13.9. The maximum atomic E-state index is 13.9. The first-order chi connectivity index (χ1) is 10.6. The number of nitrogens with zero attached hydrogens (tertiary/aromatic N) is 1. The number of aromatic nitrogens is 2. The Morgan fingerprint density at radius 1 is 1.45 bits per heavy atom. The molecule has 3 rings (SSSR count). The van der Waals surface area contributed by atoms with Crippen molar-refractivity contribution in [2.45, 2.75) is 32.4 Å². The average Bonchev–Trinajstić information content (AvgIpc) is 3.02. The van der Waals surface area contributed by atoms with E-state index in [1.54, 1.807) is 18.3 Å². The normalized spacial score (nSPS) is 20.3. The van der Waals surface area contributed by atoms with Gasteiger partial charge in [0.2, 0.25) is 0 Å². The monoisotopic (exact) mass is 302 g/mol. The summed E-state index contributed by atoms with van der Waals surface area (Å²) in [4.78, 5) is 12.1. The molecule has 0 saturated heterocycles. The number of carbonyl (C=O) groups is 1. The van der Waals surface area contributed by atoms with Crippen molar-refractivity contribution < 1.29 is 9.18 Å². The van der Waals surface area contributed by atoms with Crippen molar-refractivity contribution in [3.63, 3.8) is 0 Å². The summed E-state index contributed by atoms with van der Waals surface area (Å²) in [5, 5.41) is 12.4. The first kappa shape index (κ1) is 14.6. The number of benzene rings is 1. The van der Waals surface area contributed by atoms with Crippen LogP contribution in [0.4, 0.5) is 9.18 Å². The summed E-state index contributed by atoms with van der Waals surface area (Å²) in [5.41, 5.74) is 2.44. The zero-order chi connectivity index (χ0) is 15.5. The van der Waals surface area contributed by atoms with Gasteiger partial charge in [0.15, 0.2) is 0 Å². The first-order valence-corrected chi connectivity index (χ1v) is 7.45. The molecule has 0 bridgehead atoms. The largest absolute Gasteiger partial charge is 0.333 e. The van der Waals surface area contributed by atoms with Crippen LogP contribution in [-0.2, 0) is 13.0 Å². The van der Waals surface area contributed by atoms with Gasteiger partial charge < -0.3 is 10.6 Å².